The summed E-state index contributed by atoms with van der Waals surface area (Å²) in [6.45, 7) is 0.185. The molecule has 2 N–H and O–H groups in total. The van der Waals surface area contributed by atoms with Crippen molar-refractivity contribution in [3.05, 3.63) is 74.8 Å². The first-order valence-corrected chi connectivity index (χ1v) is 6.15. The molecule has 0 unspecified atom stereocenters. The molecular weight excluding hydrogens is 256 g/mol. The van der Waals surface area contributed by atoms with E-state index in [1.165, 1.54) is 6.07 Å². The van der Waals surface area contributed by atoms with Gasteiger partial charge in [0.05, 0.1) is 5.69 Å². The lowest BCUT2D eigenvalue weighted by atomic mass is 10.1. The van der Waals surface area contributed by atoms with Crippen molar-refractivity contribution in [3.8, 4) is 5.75 Å². The van der Waals surface area contributed by atoms with Gasteiger partial charge in [-0.25, -0.2) is 0 Å². The molecule has 0 bridgehead atoms. The Hall–Kier alpha value is -2.82. The van der Waals surface area contributed by atoms with Gasteiger partial charge in [0.25, 0.3) is 0 Å². The smallest absolute Gasteiger partial charge is 0.310 e. The fourth-order valence-corrected chi connectivity index (χ4v) is 1.95. The van der Waals surface area contributed by atoms with Crippen molar-refractivity contribution in [1.29, 1.82) is 0 Å². The third-order valence-electron chi connectivity index (χ3n) is 2.98. The Morgan fingerprint density at radius 1 is 0.900 bits per heavy atom. The first-order valence-electron chi connectivity index (χ1n) is 6.15. The van der Waals surface area contributed by atoms with E-state index >= 15 is 0 Å². The van der Waals surface area contributed by atoms with Crippen LogP contribution < -0.4 is 15.7 Å². The van der Waals surface area contributed by atoms with Crippen LogP contribution in [0.3, 0.4) is 0 Å². The summed E-state index contributed by atoms with van der Waals surface area (Å²) >= 11 is 0. The predicted molar refractivity (Wildman–Crippen MR) is 76.0 cm³/mol. The molecule has 5 nitrogen and oxygen atoms in total. The Balaban J connectivity index is 1.81. The molecule has 2 aromatic carbocycles. The zero-order chi connectivity index (χ0) is 13.9. The minimum Gasteiger partial charge on any atom is -0.487 e. The quantitative estimate of drug-likeness (QED) is 0.711. The third kappa shape index (κ3) is 2.47. The number of hydrogen-bond donors (Lipinski definition) is 2. The summed E-state index contributed by atoms with van der Waals surface area (Å²) in [7, 11) is 0. The number of hydrogen-bond acceptors (Lipinski definition) is 3. The van der Waals surface area contributed by atoms with Gasteiger partial charge in [0.1, 0.15) is 12.4 Å². The molecule has 0 aliphatic carbocycles. The molecule has 1 heterocycles. The molecule has 0 saturated carbocycles. The van der Waals surface area contributed by atoms with E-state index in [-0.39, 0.29) is 6.61 Å². The molecule has 0 atom stereocenters. The lowest BCUT2D eigenvalue weighted by Gasteiger charge is -2.07. The SMILES string of the molecule is O=c1cc(COc2ccc3ccccc3c2)[nH][nH]c1=O. The molecule has 0 spiro atoms. The molecule has 5 heteroatoms. The fourth-order valence-electron chi connectivity index (χ4n) is 1.95. The Morgan fingerprint density at radius 3 is 2.50 bits per heavy atom. The number of ether oxygens (including phenoxy) is 1. The second-order valence-corrected chi connectivity index (χ2v) is 4.41. The van der Waals surface area contributed by atoms with E-state index in [4.69, 9.17) is 4.74 Å². The van der Waals surface area contributed by atoms with Crippen LogP contribution in [-0.4, -0.2) is 10.2 Å². The van der Waals surface area contributed by atoms with E-state index in [2.05, 4.69) is 10.2 Å². The maximum Gasteiger partial charge on any atom is 0.310 e. The van der Waals surface area contributed by atoms with Crippen molar-refractivity contribution >= 4 is 10.8 Å². The van der Waals surface area contributed by atoms with E-state index in [0.29, 0.717) is 11.4 Å². The average Bonchev–Trinajstić information content (AvgIpc) is 2.48. The highest BCUT2D eigenvalue weighted by atomic mass is 16.5. The Bertz CT molecular complexity index is 864. The molecule has 0 aliphatic rings. The molecule has 0 radical (unpaired) electrons. The highest BCUT2D eigenvalue weighted by Crippen LogP contribution is 2.20. The molecule has 0 fully saturated rings. The zero-order valence-corrected chi connectivity index (χ0v) is 10.6. The molecule has 0 amide bonds. The summed E-state index contributed by atoms with van der Waals surface area (Å²) in [6, 6.07) is 15.0. The monoisotopic (exact) mass is 268 g/mol. The molecule has 0 aliphatic heterocycles. The van der Waals surface area contributed by atoms with E-state index in [0.717, 1.165) is 10.8 Å². The second kappa shape index (κ2) is 5.05. The molecule has 0 saturated heterocycles. The number of benzene rings is 2. The second-order valence-electron chi connectivity index (χ2n) is 4.41. The van der Waals surface area contributed by atoms with Gasteiger partial charge in [-0.2, -0.15) is 0 Å². The number of rotatable bonds is 3. The predicted octanol–water partition coefficient (Wildman–Crippen LogP) is 1.80. The molecule has 1 aromatic heterocycles. The summed E-state index contributed by atoms with van der Waals surface area (Å²) in [5, 5.41) is 7.10. The van der Waals surface area contributed by atoms with Crippen LogP contribution in [0.15, 0.2) is 58.1 Å². The van der Waals surface area contributed by atoms with Crippen LogP contribution in [0.2, 0.25) is 0 Å². The van der Waals surface area contributed by atoms with Gasteiger partial charge in [0.15, 0.2) is 0 Å². The minimum atomic E-state index is -0.667. The number of fused-ring (bicyclic) bond motifs is 1. The maximum atomic E-state index is 11.2. The average molecular weight is 268 g/mol. The van der Waals surface area contributed by atoms with Crippen LogP contribution >= 0.6 is 0 Å². The molecule has 20 heavy (non-hydrogen) atoms. The first-order chi connectivity index (χ1) is 9.72. The molecule has 100 valence electrons. The van der Waals surface area contributed by atoms with Crippen molar-refractivity contribution in [1.82, 2.24) is 10.2 Å². The van der Waals surface area contributed by atoms with Crippen LogP contribution in [0, 0.1) is 0 Å². The Kier molecular flexibility index (Phi) is 3.09. The fraction of sp³-hybridized carbons (Fsp3) is 0.0667. The van der Waals surface area contributed by atoms with Gasteiger partial charge in [-0.3, -0.25) is 19.8 Å². The highest BCUT2D eigenvalue weighted by molar-refractivity contribution is 5.83. The van der Waals surface area contributed by atoms with Crippen molar-refractivity contribution in [2.24, 2.45) is 0 Å². The summed E-state index contributed by atoms with van der Waals surface area (Å²) < 4.78 is 5.60. The largest absolute Gasteiger partial charge is 0.487 e. The Morgan fingerprint density at radius 2 is 1.70 bits per heavy atom. The molecule has 3 aromatic rings. The van der Waals surface area contributed by atoms with Crippen molar-refractivity contribution in [3.63, 3.8) is 0 Å². The zero-order valence-electron chi connectivity index (χ0n) is 10.6. The van der Waals surface area contributed by atoms with Crippen LogP contribution in [0.5, 0.6) is 5.75 Å². The number of aromatic nitrogens is 2. The van der Waals surface area contributed by atoms with Crippen LogP contribution in [0.1, 0.15) is 5.69 Å². The standard InChI is InChI=1S/C15H12N2O3/c18-14-8-12(16-17-15(14)19)9-20-13-6-5-10-3-1-2-4-11(10)7-13/h1-8H,9H2,(H,16,18)(H,17,19). The van der Waals surface area contributed by atoms with Gasteiger partial charge in [-0.05, 0) is 22.9 Å². The van der Waals surface area contributed by atoms with Crippen LogP contribution in [0.25, 0.3) is 10.8 Å². The normalized spacial score (nSPS) is 10.6. The van der Waals surface area contributed by atoms with E-state index in [9.17, 15) is 9.59 Å². The van der Waals surface area contributed by atoms with Crippen molar-refractivity contribution in [2.45, 2.75) is 6.61 Å². The molecular formula is C15H12N2O3. The van der Waals surface area contributed by atoms with Crippen LogP contribution in [-0.2, 0) is 6.61 Å². The van der Waals surface area contributed by atoms with Gasteiger partial charge in [0.2, 0.25) is 5.43 Å². The van der Waals surface area contributed by atoms with Gasteiger partial charge in [-0.1, -0.05) is 30.3 Å². The van der Waals surface area contributed by atoms with E-state index in [1.54, 1.807) is 0 Å². The number of aromatic amines is 2. The summed E-state index contributed by atoms with van der Waals surface area (Å²) in [4.78, 5) is 22.2. The lowest BCUT2D eigenvalue weighted by molar-refractivity contribution is 0.300. The van der Waals surface area contributed by atoms with E-state index in [1.807, 2.05) is 42.5 Å². The van der Waals surface area contributed by atoms with Gasteiger partial charge < -0.3 is 4.74 Å². The summed E-state index contributed by atoms with van der Waals surface area (Å²) in [5.41, 5.74) is -0.733. The lowest BCUT2D eigenvalue weighted by Crippen LogP contribution is -2.28. The summed E-state index contributed by atoms with van der Waals surface area (Å²) in [5.74, 6) is 0.704. The Labute approximate surface area is 113 Å². The maximum absolute atomic E-state index is 11.2. The summed E-state index contributed by atoms with van der Waals surface area (Å²) in [6.07, 6.45) is 0. The number of H-pyrrole nitrogens is 2. The van der Waals surface area contributed by atoms with Gasteiger partial charge >= 0.3 is 5.56 Å². The minimum absolute atomic E-state index is 0.185. The first kappa shape index (κ1) is 12.2. The van der Waals surface area contributed by atoms with Crippen molar-refractivity contribution in [2.75, 3.05) is 0 Å². The van der Waals surface area contributed by atoms with Gasteiger partial charge in [0, 0.05) is 6.07 Å². The topological polar surface area (TPSA) is 75.0 Å². The third-order valence-corrected chi connectivity index (χ3v) is 2.98. The molecule has 3 rings (SSSR count). The number of nitrogens with one attached hydrogen (secondary N) is 2. The van der Waals surface area contributed by atoms with Crippen molar-refractivity contribution < 1.29 is 4.74 Å². The van der Waals surface area contributed by atoms with Crippen LogP contribution in [0.4, 0.5) is 0 Å². The highest BCUT2D eigenvalue weighted by Gasteiger charge is 2.01. The van der Waals surface area contributed by atoms with Gasteiger partial charge in [-0.15, -0.1) is 0 Å². The van der Waals surface area contributed by atoms with E-state index < -0.39 is 11.0 Å².